The second-order valence-electron chi connectivity index (χ2n) is 5.79. The molecule has 1 aromatic heterocycles. The van der Waals surface area contributed by atoms with E-state index < -0.39 is 6.10 Å². The minimum atomic E-state index is -0.429. The molecule has 1 atom stereocenters. The van der Waals surface area contributed by atoms with Crippen LogP contribution < -0.4 is 5.32 Å². The summed E-state index contributed by atoms with van der Waals surface area (Å²) in [6.45, 7) is 1.75. The molecule has 0 bridgehead atoms. The Morgan fingerprint density at radius 3 is 3.00 bits per heavy atom. The van der Waals surface area contributed by atoms with Crippen molar-refractivity contribution in [3.05, 3.63) is 53.6 Å². The SMILES string of the molecule is Cn1ccc(CCNC(=O)N2CCOC(c3ccccc3F)C2)n1. The van der Waals surface area contributed by atoms with Crippen LogP contribution in [-0.2, 0) is 18.2 Å². The molecule has 0 spiro atoms. The maximum atomic E-state index is 13.9. The quantitative estimate of drug-likeness (QED) is 0.930. The van der Waals surface area contributed by atoms with Gasteiger partial charge in [-0.2, -0.15) is 5.10 Å². The number of aryl methyl sites for hydroxylation is 1. The normalized spacial score (nSPS) is 17.8. The number of morpholine rings is 1. The number of aromatic nitrogens is 2. The van der Waals surface area contributed by atoms with E-state index in [1.807, 2.05) is 19.3 Å². The number of nitrogens with one attached hydrogen (secondary N) is 1. The summed E-state index contributed by atoms with van der Waals surface area (Å²) >= 11 is 0. The number of nitrogens with zero attached hydrogens (tertiary/aromatic N) is 3. The van der Waals surface area contributed by atoms with E-state index in [0.29, 0.717) is 38.2 Å². The minimum absolute atomic E-state index is 0.157. The smallest absolute Gasteiger partial charge is 0.317 e. The highest BCUT2D eigenvalue weighted by Crippen LogP contribution is 2.24. The third kappa shape index (κ3) is 3.91. The molecule has 0 radical (unpaired) electrons. The van der Waals surface area contributed by atoms with Crippen LogP contribution in [0.1, 0.15) is 17.4 Å². The van der Waals surface area contributed by atoms with Gasteiger partial charge in [-0.3, -0.25) is 4.68 Å². The van der Waals surface area contributed by atoms with Gasteiger partial charge in [-0.05, 0) is 12.1 Å². The second-order valence-corrected chi connectivity index (χ2v) is 5.79. The first-order valence-electron chi connectivity index (χ1n) is 8.01. The molecule has 2 heterocycles. The Morgan fingerprint density at radius 1 is 1.42 bits per heavy atom. The van der Waals surface area contributed by atoms with Gasteiger partial charge in [-0.15, -0.1) is 0 Å². The number of hydrogen-bond acceptors (Lipinski definition) is 3. The summed E-state index contributed by atoms with van der Waals surface area (Å²) in [5.41, 5.74) is 1.42. The first kappa shape index (κ1) is 16.4. The van der Waals surface area contributed by atoms with Crippen LogP contribution in [0, 0.1) is 5.82 Å². The van der Waals surface area contributed by atoms with Crippen molar-refractivity contribution >= 4 is 6.03 Å². The number of urea groups is 1. The first-order valence-corrected chi connectivity index (χ1v) is 8.01. The van der Waals surface area contributed by atoms with Gasteiger partial charge < -0.3 is 15.0 Å². The monoisotopic (exact) mass is 332 g/mol. The van der Waals surface area contributed by atoms with Crippen LogP contribution in [0.3, 0.4) is 0 Å². The number of halogens is 1. The fourth-order valence-corrected chi connectivity index (χ4v) is 2.76. The van der Waals surface area contributed by atoms with Crippen molar-refractivity contribution in [2.24, 2.45) is 7.05 Å². The van der Waals surface area contributed by atoms with Crippen molar-refractivity contribution in [1.29, 1.82) is 0 Å². The maximum Gasteiger partial charge on any atom is 0.317 e. The molecule has 128 valence electrons. The predicted molar refractivity (Wildman–Crippen MR) is 87.0 cm³/mol. The van der Waals surface area contributed by atoms with Gasteiger partial charge in [0.15, 0.2) is 0 Å². The van der Waals surface area contributed by atoms with E-state index >= 15 is 0 Å². The van der Waals surface area contributed by atoms with Crippen LogP contribution in [0.25, 0.3) is 0 Å². The van der Waals surface area contributed by atoms with Gasteiger partial charge >= 0.3 is 6.03 Å². The number of carbonyl (C=O) groups excluding carboxylic acids is 1. The van der Waals surface area contributed by atoms with Crippen LogP contribution in [0.4, 0.5) is 9.18 Å². The van der Waals surface area contributed by atoms with E-state index in [4.69, 9.17) is 4.74 Å². The lowest BCUT2D eigenvalue weighted by Crippen LogP contribution is -2.47. The molecule has 1 aromatic carbocycles. The van der Waals surface area contributed by atoms with E-state index in [-0.39, 0.29) is 11.8 Å². The molecular formula is C17H21FN4O2. The molecule has 1 saturated heterocycles. The zero-order valence-electron chi connectivity index (χ0n) is 13.6. The molecule has 7 heteroatoms. The van der Waals surface area contributed by atoms with Gasteiger partial charge in [0.2, 0.25) is 0 Å². The van der Waals surface area contributed by atoms with Gasteiger partial charge in [0.05, 0.1) is 18.8 Å². The first-order chi connectivity index (χ1) is 11.6. The fraction of sp³-hybridized carbons (Fsp3) is 0.412. The third-order valence-corrected chi connectivity index (χ3v) is 4.03. The van der Waals surface area contributed by atoms with Crippen molar-refractivity contribution in [3.63, 3.8) is 0 Å². The zero-order chi connectivity index (χ0) is 16.9. The van der Waals surface area contributed by atoms with E-state index in [0.717, 1.165) is 5.69 Å². The summed E-state index contributed by atoms with van der Waals surface area (Å²) in [6, 6.07) is 8.29. The van der Waals surface area contributed by atoms with Gasteiger partial charge in [0.25, 0.3) is 0 Å². The predicted octanol–water partition coefficient (Wildman–Crippen LogP) is 1.88. The average Bonchev–Trinajstić information content (AvgIpc) is 3.00. The highest BCUT2D eigenvalue weighted by Gasteiger charge is 2.26. The number of hydrogen-bond donors (Lipinski definition) is 1. The Morgan fingerprint density at radius 2 is 2.25 bits per heavy atom. The van der Waals surface area contributed by atoms with Crippen LogP contribution >= 0.6 is 0 Å². The highest BCUT2D eigenvalue weighted by molar-refractivity contribution is 5.74. The summed E-state index contributed by atoms with van der Waals surface area (Å²) in [6.07, 6.45) is 2.12. The van der Waals surface area contributed by atoms with Crippen LogP contribution in [0.2, 0.25) is 0 Å². The Hall–Kier alpha value is -2.41. The molecular weight excluding hydrogens is 311 g/mol. The van der Waals surface area contributed by atoms with Crippen molar-refractivity contribution in [3.8, 4) is 0 Å². The maximum absolute atomic E-state index is 13.9. The highest BCUT2D eigenvalue weighted by atomic mass is 19.1. The summed E-state index contributed by atoms with van der Waals surface area (Å²) in [5, 5.41) is 7.16. The lowest BCUT2D eigenvalue weighted by Gasteiger charge is -2.33. The molecule has 2 amide bonds. The van der Waals surface area contributed by atoms with Crippen molar-refractivity contribution in [2.45, 2.75) is 12.5 Å². The Kier molecular flexibility index (Phi) is 5.10. The minimum Gasteiger partial charge on any atom is -0.370 e. The number of rotatable bonds is 4. The largest absolute Gasteiger partial charge is 0.370 e. The van der Waals surface area contributed by atoms with Crippen LogP contribution in [-0.4, -0.2) is 47.0 Å². The molecule has 1 aliphatic rings. The average molecular weight is 332 g/mol. The van der Waals surface area contributed by atoms with E-state index in [1.165, 1.54) is 6.07 Å². The lowest BCUT2D eigenvalue weighted by atomic mass is 10.1. The number of amides is 2. The van der Waals surface area contributed by atoms with E-state index in [9.17, 15) is 9.18 Å². The molecule has 6 nitrogen and oxygen atoms in total. The van der Waals surface area contributed by atoms with E-state index in [1.54, 1.807) is 27.8 Å². The molecule has 1 unspecified atom stereocenters. The number of benzene rings is 1. The fourth-order valence-electron chi connectivity index (χ4n) is 2.76. The van der Waals surface area contributed by atoms with E-state index in [2.05, 4.69) is 10.4 Å². The van der Waals surface area contributed by atoms with Crippen LogP contribution in [0.15, 0.2) is 36.5 Å². The van der Waals surface area contributed by atoms with Crippen LogP contribution in [0.5, 0.6) is 0 Å². The summed E-state index contributed by atoms with van der Waals surface area (Å²) < 4.78 is 21.2. The molecule has 3 rings (SSSR count). The Labute approximate surface area is 140 Å². The summed E-state index contributed by atoms with van der Waals surface area (Å²) in [4.78, 5) is 14.0. The molecule has 2 aromatic rings. The Balaban J connectivity index is 1.52. The molecule has 0 aliphatic carbocycles. The molecule has 1 N–H and O–H groups in total. The number of ether oxygens (including phenoxy) is 1. The molecule has 24 heavy (non-hydrogen) atoms. The molecule has 1 fully saturated rings. The van der Waals surface area contributed by atoms with Gasteiger partial charge in [0, 0.05) is 38.3 Å². The van der Waals surface area contributed by atoms with Gasteiger partial charge in [-0.25, -0.2) is 9.18 Å². The topological polar surface area (TPSA) is 59.4 Å². The molecule has 0 saturated carbocycles. The molecule has 1 aliphatic heterocycles. The summed E-state index contributed by atoms with van der Waals surface area (Å²) in [5.74, 6) is -0.306. The summed E-state index contributed by atoms with van der Waals surface area (Å²) in [7, 11) is 1.86. The van der Waals surface area contributed by atoms with Gasteiger partial charge in [0.1, 0.15) is 11.9 Å². The second kappa shape index (κ2) is 7.44. The zero-order valence-corrected chi connectivity index (χ0v) is 13.6. The van der Waals surface area contributed by atoms with Crippen molar-refractivity contribution in [2.75, 3.05) is 26.2 Å². The van der Waals surface area contributed by atoms with Crippen molar-refractivity contribution < 1.29 is 13.9 Å². The van der Waals surface area contributed by atoms with Crippen molar-refractivity contribution in [1.82, 2.24) is 20.0 Å². The Bertz CT molecular complexity index is 703. The third-order valence-electron chi connectivity index (χ3n) is 4.03. The standard InChI is InChI=1S/C17H21FN4O2/c1-21-9-7-13(20-21)6-8-19-17(23)22-10-11-24-16(12-22)14-4-2-3-5-15(14)18/h2-5,7,9,16H,6,8,10-12H2,1H3,(H,19,23). The number of carbonyl (C=O) groups is 1. The van der Waals surface area contributed by atoms with Gasteiger partial charge in [-0.1, -0.05) is 18.2 Å². The lowest BCUT2D eigenvalue weighted by molar-refractivity contribution is -0.0170.